The Balaban J connectivity index is 2.63. The van der Waals surface area contributed by atoms with Gasteiger partial charge < -0.3 is 24.8 Å². The first-order chi connectivity index (χ1) is 11.6. The van der Waals surface area contributed by atoms with Crippen LogP contribution in [-0.4, -0.2) is 47.4 Å². The summed E-state index contributed by atoms with van der Waals surface area (Å²) in [4.78, 5) is 4.24. The molecule has 0 spiro atoms. The lowest BCUT2D eigenvalue weighted by Gasteiger charge is -2.17. The number of hydrogen-bond acceptors (Lipinski definition) is 4. The second-order valence-corrected chi connectivity index (χ2v) is 5.85. The molecule has 0 saturated heterocycles. The Labute approximate surface area is 145 Å². The van der Waals surface area contributed by atoms with Crippen molar-refractivity contribution in [2.45, 2.75) is 26.7 Å². The van der Waals surface area contributed by atoms with E-state index in [1.54, 1.807) is 28.4 Å². The lowest BCUT2D eigenvalue weighted by atomic mass is 10.1. The average molecular weight is 337 g/mol. The lowest BCUT2D eigenvalue weighted by Crippen LogP contribution is -2.39. The second kappa shape index (κ2) is 10.6. The molecule has 6 heteroatoms. The van der Waals surface area contributed by atoms with E-state index in [-0.39, 0.29) is 0 Å². The van der Waals surface area contributed by atoms with Gasteiger partial charge in [0, 0.05) is 25.7 Å². The van der Waals surface area contributed by atoms with Crippen molar-refractivity contribution in [1.82, 2.24) is 10.6 Å². The number of rotatable bonds is 9. The van der Waals surface area contributed by atoms with Gasteiger partial charge >= 0.3 is 0 Å². The number of aliphatic imine (C=N–C) groups is 1. The number of guanidine groups is 1. The van der Waals surface area contributed by atoms with Crippen LogP contribution in [0.25, 0.3) is 0 Å². The van der Waals surface area contributed by atoms with E-state index < -0.39 is 0 Å². The van der Waals surface area contributed by atoms with E-state index in [1.165, 1.54) is 0 Å². The van der Waals surface area contributed by atoms with Gasteiger partial charge in [0.05, 0.1) is 21.3 Å². The van der Waals surface area contributed by atoms with E-state index in [1.807, 2.05) is 12.1 Å². The van der Waals surface area contributed by atoms with Gasteiger partial charge in [-0.3, -0.25) is 4.99 Å². The zero-order valence-corrected chi connectivity index (χ0v) is 15.7. The maximum atomic E-state index is 5.51. The average Bonchev–Trinajstić information content (AvgIpc) is 2.59. The third-order valence-corrected chi connectivity index (χ3v) is 3.71. The van der Waals surface area contributed by atoms with Crippen LogP contribution >= 0.6 is 0 Å². The highest BCUT2D eigenvalue weighted by Gasteiger charge is 2.15. The van der Waals surface area contributed by atoms with E-state index in [9.17, 15) is 0 Å². The summed E-state index contributed by atoms with van der Waals surface area (Å²) < 4.78 is 16.2. The van der Waals surface area contributed by atoms with Gasteiger partial charge in [-0.1, -0.05) is 19.9 Å². The van der Waals surface area contributed by atoms with Crippen LogP contribution in [0.1, 0.15) is 25.8 Å². The van der Waals surface area contributed by atoms with E-state index in [4.69, 9.17) is 14.2 Å². The van der Waals surface area contributed by atoms with Crippen LogP contribution in [0.2, 0.25) is 0 Å². The Hall–Kier alpha value is -2.11. The minimum Gasteiger partial charge on any atom is -0.493 e. The van der Waals surface area contributed by atoms with Crippen molar-refractivity contribution in [2.75, 3.05) is 41.5 Å². The van der Waals surface area contributed by atoms with Crippen LogP contribution in [0.15, 0.2) is 17.1 Å². The molecule has 2 N–H and O–H groups in total. The number of hydrogen-bond donors (Lipinski definition) is 2. The number of nitrogens with one attached hydrogen (secondary N) is 2. The van der Waals surface area contributed by atoms with Crippen LogP contribution in [0.4, 0.5) is 0 Å². The predicted molar refractivity (Wildman–Crippen MR) is 98.6 cm³/mol. The maximum Gasteiger partial charge on any atom is 0.203 e. The van der Waals surface area contributed by atoms with Gasteiger partial charge in [0.15, 0.2) is 17.5 Å². The number of benzene rings is 1. The Morgan fingerprint density at radius 3 is 2.21 bits per heavy atom. The monoisotopic (exact) mass is 337 g/mol. The van der Waals surface area contributed by atoms with Crippen LogP contribution in [0, 0.1) is 5.92 Å². The van der Waals surface area contributed by atoms with Crippen molar-refractivity contribution in [3.05, 3.63) is 17.7 Å². The minimum absolute atomic E-state index is 0.622. The molecule has 136 valence electrons. The zero-order valence-electron chi connectivity index (χ0n) is 15.7. The van der Waals surface area contributed by atoms with E-state index in [0.717, 1.165) is 37.5 Å². The molecule has 1 aromatic carbocycles. The summed E-state index contributed by atoms with van der Waals surface area (Å²) in [6, 6.07) is 3.89. The third kappa shape index (κ3) is 5.83. The molecule has 1 aromatic rings. The van der Waals surface area contributed by atoms with E-state index in [0.29, 0.717) is 23.2 Å². The van der Waals surface area contributed by atoms with Crippen LogP contribution in [0.3, 0.4) is 0 Å². The van der Waals surface area contributed by atoms with Gasteiger partial charge in [-0.25, -0.2) is 0 Å². The highest BCUT2D eigenvalue weighted by molar-refractivity contribution is 5.79. The molecule has 0 aliphatic heterocycles. The van der Waals surface area contributed by atoms with Gasteiger partial charge in [-0.2, -0.15) is 0 Å². The van der Waals surface area contributed by atoms with Crippen LogP contribution in [0.5, 0.6) is 17.2 Å². The summed E-state index contributed by atoms with van der Waals surface area (Å²) in [5, 5.41) is 6.64. The Bertz CT molecular complexity index is 530. The smallest absolute Gasteiger partial charge is 0.203 e. The Morgan fingerprint density at radius 2 is 1.67 bits per heavy atom. The SMILES string of the molecule is CN=C(NCCc1ccc(OC)c(OC)c1OC)NCCC(C)C. The fourth-order valence-corrected chi connectivity index (χ4v) is 2.38. The lowest BCUT2D eigenvalue weighted by molar-refractivity contribution is 0.322. The molecule has 0 aliphatic carbocycles. The largest absolute Gasteiger partial charge is 0.493 e. The molecule has 0 radical (unpaired) electrons. The normalized spacial score (nSPS) is 11.4. The zero-order chi connectivity index (χ0) is 17.9. The number of ether oxygens (including phenoxy) is 3. The molecule has 0 aliphatic rings. The van der Waals surface area contributed by atoms with Gasteiger partial charge in [0.25, 0.3) is 0 Å². The van der Waals surface area contributed by atoms with Crippen molar-refractivity contribution >= 4 is 5.96 Å². The highest BCUT2D eigenvalue weighted by atomic mass is 16.5. The first kappa shape index (κ1) is 19.9. The molecule has 0 amide bonds. The first-order valence-electron chi connectivity index (χ1n) is 8.29. The summed E-state index contributed by atoms with van der Waals surface area (Å²) in [6.45, 7) is 6.08. The van der Waals surface area contributed by atoms with Crippen LogP contribution < -0.4 is 24.8 Å². The fourth-order valence-electron chi connectivity index (χ4n) is 2.38. The third-order valence-electron chi connectivity index (χ3n) is 3.71. The molecule has 0 saturated carbocycles. The molecule has 1 rings (SSSR count). The second-order valence-electron chi connectivity index (χ2n) is 5.85. The molecule has 24 heavy (non-hydrogen) atoms. The molecule has 0 atom stereocenters. The predicted octanol–water partition coefficient (Wildman–Crippen LogP) is 2.47. The topological polar surface area (TPSA) is 64.1 Å². The number of nitrogens with zero attached hydrogens (tertiary/aromatic N) is 1. The van der Waals surface area contributed by atoms with Crippen molar-refractivity contribution in [2.24, 2.45) is 10.9 Å². The molecule has 0 bridgehead atoms. The Morgan fingerprint density at radius 1 is 1.00 bits per heavy atom. The van der Waals surface area contributed by atoms with Crippen molar-refractivity contribution < 1.29 is 14.2 Å². The first-order valence-corrected chi connectivity index (χ1v) is 8.29. The fraction of sp³-hybridized carbons (Fsp3) is 0.611. The molecule has 0 aromatic heterocycles. The standard InChI is InChI=1S/C18H31N3O3/c1-13(2)9-11-20-18(19-3)21-12-10-14-7-8-15(22-4)17(24-6)16(14)23-5/h7-8,13H,9-12H2,1-6H3,(H2,19,20,21). The Kier molecular flexibility index (Phi) is 8.83. The highest BCUT2D eigenvalue weighted by Crippen LogP contribution is 2.39. The molecule has 0 fully saturated rings. The van der Waals surface area contributed by atoms with Gasteiger partial charge in [-0.05, 0) is 24.8 Å². The number of methoxy groups -OCH3 is 3. The van der Waals surface area contributed by atoms with Gasteiger partial charge in [0.1, 0.15) is 0 Å². The quantitative estimate of drug-likeness (QED) is 0.535. The molecular weight excluding hydrogens is 306 g/mol. The summed E-state index contributed by atoms with van der Waals surface area (Å²) in [5.74, 6) is 3.48. The maximum absolute atomic E-state index is 5.51. The van der Waals surface area contributed by atoms with Crippen LogP contribution in [-0.2, 0) is 6.42 Å². The molecular formula is C18H31N3O3. The van der Waals surface area contributed by atoms with Crippen molar-refractivity contribution in [1.29, 1.82) is 0 Å². The summed E-state index contributed by atoms with van der Waals surface area (Å²) in [6.07, 6.45) is 1.90. The summed E-state index contributed by atoms with van der Waals surface area (Å²) in [5.41, 5.74) is 1.06. The molecule has 6 nitrogen and oxygen atoms in total. The van der Waals surface area contributed by atoms with E-state index in [2.05, 4.69) is 29.5 Å². The van der Waals surface area contributed by atoms with Crippen molar-refractivity contribution in [3.8, 4) is 17.2 Å². The molecule has 0 heterocycles. The minimum atomic E-state index is 0.622. The van der Waals surface area contributed by atoms with Gasteiger partial charge in [0.2, 0.25) is 5.75 Å². The van der Waals surface area contributed by atoms with Gasteiger partial charge in [-0.15, -0.1) is 0 Å². The summed E-state index contributed by atoms with van der Waals surface area (Å²) in [7, 11) is 6.65. The van der Waals surface area contributed by atoms with E-state index >= 15 is 0 Å². The summed E-state index contributed by atoms with van der Waals surface area (Å²) >= 11 is 0. The van der Waals surface area contributed by atoms with Crippen molar-refractivity contribution in [3.63, 3.8) is 0 Å². The molecule has 0 unspecified atom stereocenters.